The molecule has 0 fully saturated rings. The number of aromatic nitrogens is 3. The van der Waals surface area contributed by atoms with Crippen molar-refractivity contribution in [1.82, 2.24) is 20.2 Å². The Hall–Kier alpha value is -1.43. The first-order valence-electron chi connectivity index (χ1n) is 6.63. The van der Waals surface area contributed by atoms with Crippen molar-refractivity contribution in [2.75, 3.05) is 0 Å². The van der Waals surface area contributed by atoms with Gasteiger partial charge in [-0.1, -0.05) is 23.7 Å². The zero-order chi connectivity index (χ0) is 14.7. The molecule has 1 heterocycles. The Kier molecular flexibility index (Phi) is 4.75. The number of halogens is 1. The second-order valence-corrected chi connectivity index (χ2v) is 5.55. The van der Waals surface area contributed by atoms with Gasteiger partial charge in [-0.05, 0) is 38.0 Å². The summed E-state index contributed by atoms with van der Waals surface area (Å²) in [5.41, 5.74) is 4.97. The molecule has 1 atom stereocenters. The maximum atomic E-state index is 6.06. The molecule has 1 aromatic carbocycles. The number of nitrogens with zero attached hydrogens (tertiary/aromatic N) is 3. The number of hydrazine groups is 1. The lowest BCUT2D eigenvalue weighted by Gasteiger charge is -2.18. The van der Waals surface area contributed by atoms with E-state index in [1.165, 1.54) is 0 Å². The van der Waals surface area contributed by atoms with Gasteiger partial charge in [0.1, 0.15) is 12.2 Å². The zero-order valence-electron chi connectivity index (χ0n) is 12.0. The average molecular weight is 294 g/mol. The van der Waals surface area contributed by atoms with Crippen molar-refractivity contribution < 1.29 is 0 Å². The van der Waals surface area contributed by atoms with Gasteiger partial charge in [0.2, 0.25) is 0 Å². The minimum absolute atomic E-state index is 0.0207. The normalized spacial score (nSPS) is 12.9. The van der Waals surface area contributed by atoms with Crippen LogP contribution in [0.2, 0.25) is 5.02 Å². The summed E-state index contributed by atoms with van der Waals surface area (Å²) in [6.45, 7) is 6.14. The maximum absolute atomic E-state index is 6.06. The van der Waals surface area contributed by atoms with Crippen LogP contribution in [0, 0.1) is 6.92 Å². The van der Waals surface area contributed by atoms with Crippen molar-refractivity contribution in [3.8, 4) is 0 Å². The quantitative estimate of drug-likeness (QED) is 0.657. The van der Waals surface area contributed by atoms with Crippen LogP contribution in [-0.4, -0.2) is 14.8 Å². The Labute approximate surface area is 124 Å². The molecular weight excluding hydrogens is 274 g/mol. The molecule has 0 aliphatic carbocycles. The molecule has 0 aliphatic rings. The summed E-state index contributed by atoms with van der Waals surface area (Å²) in [6.07, 6.45) is 2.26. The van der Waals surface area contributed by atoms with E-state index in [0.29, 0.717) is 6.42 Å². The number of hydrogen-bond acceptors (Lipinski definition) is 4. The Bertz CT molecular complexity index is 579. The van der Waals surface area contributed by atoms with Gasteiger partial charge in [0.15, 0.2) is 0 Å². The molecule has 108 valence electrons. The van der Waals surface area contributed by atoms with E-state index in [-0.39, 0.29) is 12.1 Å². The van der Waals surface area contributed by atoms with Crippen LogP contribution < -0.4 is 11.3 Å². The Morgan fingerprint density at radius 1 is 1.40 bits per heavy atom. The van der Waals surface area contributed by atoms with E-state index in [0.717, 1.165) is 22.0 Å². The van der Waals surface area contributed by atoms with E-state index < -0.39 is 0 Å². The summed E-state index contributed by atoms with van der Waals surface area (Å²) in [6, 6.07) is 6.17. The molecule has 0 radical (unpaired) electrons. The largest absolute Gasteiger partial charge is 0.271 e. The van der Waals surface area contributed by atoms with E-state index in [1.807, 2.05) is 29.8 Å². The van der Waals surface area contributed by atoms with Crippen LogP contribution >= 0.6 is 11.6 Å². The van der Waals surface area contributed by atoms with E-state index >= 15 is 0 Å². The van der Waals surface area contributed by atoms with Crippen LogP contribution in [0.3, 0.4) is 0 Å². The van der Waals surface area contributed by atoms with Crippen LogP contribution in [0.25, 0.3) is 0 Å². The molecular formula is C14H20ClN5. The molecule has 0 bridgehead atoms. The number of nitrogens with two attached hydrogens (primary N) is 1. The summed E-state index contributed by atoms with van der Waals surface area (Å²) in [5, 5.41) is 5.00. The van der Waals surface area contributed by atoms with Gasteiger partial charge >= 0.3 is 0 Å². The highest BCUT2D eigenvalue weighted by atomic mass is 35.5. The molecule has 2 rings (SSSR count). The van der Waals surface area contributed by atoms with E-state index in [9.17, 15) is 0 Å². The van der Waals surface area contributed by atoms with Gasteiger partial charge in [0.05, 0.1) is 6.04 Å². The molecule has 1 aromatic heterocycles. The summed E-state index contributed by atoms with van der Waals surface area (Å²) in [7, 11) is 0. The molecule has 0 aliphatic heterocycles. The van der Waals surface area contributed by atoms with Gasteiger partial charge in [-0.3, -0.25) is 11.3 Å². The highest BCUT2D eigenvalue weighted by Crippen LogP contribution is 2.23. The van der Waals surface area contributed by atoms with Gasteiger partial charge in [0, 0.05) is 17.5 Å². The maximum Gasteiger partial charge on any atom is 0.138 e. The first-order valence-corrected chi connectivity index (χ1v) is 7.01. The summed E-state index contributed by atoms with van der Waals surface area (Å²) in [5.74, 6) is 6.61. The van der Waals surface area contributed by atoms with Crippen LogP contribution in [0.1, 0.15) is 42.9 Å². The highest BCUT2D eigenvalue weighted by molar-refractivity contribution is 6.31. The number of rotatable bonds is 5. The standard InChI is InChI=1S/C14H20ClN5/c1-9(2)20-14(17-8-18-20)7-13(19-16)11-4-5-12(15)10(3)6-11/h4-6,8-9,13,19H,7,16H2,1-3H3. The van der Waals surface area contributed by atoms with Crippen LogP contribution in [0.15, 0.2) is 24.5 Å². The fraction of sp³-hybridized carbons (Fsp3) is 0.429. The van der Waals surface area contributed by atoms with Gasteiger partial charge < -0.3 is 0 Å². The fourth-order valence-electron chi connectivity index (χ4n) is 2.19. The predicted octanol–water partition coefficient (Wildman–Crippen LogP) is 2.57. The minimum atomic E-state index is -0.0207. The Morgan fingerprint density at radius 2 is 2.15 bits per heavy atom. The van der Waals surface area contributed by atoms with Gasteiger partial charge in [0.25, 0.3) is 0 Å². The number of benzene rings is 1. The minimum Gasteiger partial charge on any atom is -0.271 e. The average Bonchev–Trinajstić information content (AvgIpc) is 2.87. The zero-order valence-corrected chi connectivity index (χ0v) is 12.7. The van der Waals surface area contributed by atoms with Crippen molar-refractivity contribution in [3.63, 3.8) is 0 Å². The monoisotopic (exact) mass is 293 g/mol. The van der Waals surface area contributed by atoms with Crippen molar-refractivity contribution >= 4 is 11.6 Å². The summed E-state index contributed by atoms with van der Waals surface area (Å²) >= 11 is 6.06. The lowest BCUT2D eigenvalue weighted by Crippen LogP contribution is -2.30. The van der Waals surface area contributed by atoms with E-state index in [2.05, 4.69) is 29.4 Å². The second kappa shape index (κ2) is 6.35. The summed E-state index contributed by atoms with van der Waals surface area (Å²) in [4.78, 5) is 4.32. The third-order valence-electron chi connectivity index (χ3n) is 3.31. The van der Waals surface area contributed by atoms with Crippen LogP contribution in [0.5, 0.6) is 0 Å². The van der Waals surface area contributed by atoms with Crippen molar-refractivity contribution in [2.45, 2.75) is 39.3 Å². The number of nitrogens with one attached hydrogen (secondary N) is 1. The molecule has 0 saturated carbocycles. The van der Waals surface area contributed by atoms with Gasteiger partial charge in [-0.15, -0.1) is 0 Å². The molecule has 2 aromatic rings. The molecule has 0 saturated heterocycles. The highest BCUT2D eigenvalue weighted by Gasteiger charge is 2.16. The third kappa shape index (κ3) is 3.17. The van der Waals surface area contributed by atoms with Crippen molar-refractivity contribution in [2.24, 2.45) is 5.84 Å². The molecule has 0 amide bonds. The number of aryl methyl sites for hydroxylation is 1. The molecule has 0 spiro atoms. The molecule has 3 N–H and O–H groups in total. The van der Waals surface area contributed by atoms with Gasteiger partial charge in [-0.2, -0.15) is 5.10 Å². The predicted molar refractivity (Wildman–Crippen MR) is 80.4 cm³/mol. The Morgan fingerprint density at radius 3 is 2.75 bits per heavy atom. The lowest BCUT2D eigenvalue weighted by atomic mass is 10.0. The van der Waals surface area contributed by atoms with Crippen LogP contribution in [0.4, 0.5) is 0 Å². The Balaban J connectivity index is 2.24. The van der Waals surface area contributed by atoms with E-state index in [4.69, 9.17) is 17.4 Å². The SMILES string of the molecule is Cc1cc(C(Cc2ncnn2C(C)C)NN)ccc1Cl. The smallest absolute Gasteiger partial charge is 0.138 e. The van der Waals surface area contributed by atoms with Crippen LogP contribution in [-0.2, 0) is 6.42 Å². The first-order chi connectivity index (χ1) is 9.52. The third-order valence-corrected chi connectivity index (χ3v) is 3.73. The summed E-state index contributed by atoms with van der Waals surface area (Å²) < 4.78 is 1.91. The van der Waals surface area contributed by atoms with Crippen molar-refractivity contribution in [1.29, 1.82) is 0 Å². The second-order valence-electron chi connectivity index (χ2n) is 5.15. The van der Waals surface area contributed by atoms with Gasteiger partial charge in [-0.25, -0.2) is 9.67 Å². The molecule has 6 heteroatoms. The molecule has 5 nitrogen and oxygen atoms in total. The molecule has 20 heavy (non-hydrogen) atoms. The van der Waals surface area contributed by atoms with Crippen molar-refractivity contribution in [3.05, 3.63) is 46.5 Å². The first kappa shape index (κ1) is 15.0. The number of hydrogen-bond donors (Lipinski definition) is 2. The molecule has 1 unspecified atom stereocenters. The van der Waals surface area contributed by atoms with E-state index in [1.54, 1.807) is 6.33 Å². The fourth-order valence-corrected chi connectivity index (χ4v) is 2.31. The topological polar surface area (TPSA) is 68.8 Å². The lowest BCUT2D eigenvalue weighted by molar-refractivity contribution is 0.468.